The SMILES string of the molecule is COc1ccc2c(NC=C(C(=O)[O-])C(=O)[O-])ncnc2c1. The summed E-state index contributed by atoms with van der Waals surface area (Å²) in [7, 11) is 1.51. The van der Waals surface area contributed by atoms with Crippen molar-refractivity contribution in [2.45, 2.75) is 0 Å². The number of benzene rings is 1. The molecule has 0 aliphatic heterocycles. The van der Waals surface area contributed by atoms with Crippen LogP contribution >= 0.6 is 0 Å². The van der Waals surface area contributed by atoms with Crippen molar-refractivity contribution in [3.63, 3.8) is 0 Å². The molecule has 0 bridgehead atoms. The van der Waals surface area contributed by atoms with Gasteiger partial charge in [-0.2, -0.15) is 0 Å². The number of hydrogen-bond donors (Lipinski definition) is 1. The molecule has 0 radical (unpaired) electrons. The summed E-state index contributed by atoms with van der Waals surface area (Å²) in [5.74, 6) is -2.89. The highest BCUT2D eigenvalue weighted by atomic mass is 16.5. The third-order valence-electron chi connectivity index (χ3n) is 2.64. The highest BCUT2D eigenvalue weighted by Gasteiger charge is 2.05. The molecule has 21 heavy (non-hydrogen) atoms. The zero-order valence-corrected chi connectivity index (χ0v) is 10.8. The fourth-order valence-electron chi connectivity index (χ4n) is 1.62. The lowest BCUT2D eigenvalue weighted by Gasteiger charge is -2.11. The first-order valence-electron chi connectivity index (χ1n) is 5.71. The number of carbonyl (C=O) groups is 2. The third-order valence-corrected chi connectivity index (χ3v) is 2.64. The van der Waals surface area contributed by atoms with E-state index in [9.17, 15) is 19.8 Å². The maximum absolute atomic E-state index is 10.6. The molecule has 2 aromatic rings. The largest absolute Gasteiger partial charge is 0.545 e. The number of nitrogens with one attached hydrogen (secondary N) is 1. The summed E-state index contributed by atoms with van der Waals surface area (Å²) in [6, 6.07) is 4.98. The monoisotopic (exact) mass is 287 g/mol. The number of methoxy groups -OCH3 is 1. The first-order chi connectivity index (χ1) is 10.0. The van der Waals surface area contributed by atoms with Gasteiger partial charge in [0.2, 0.25) is 0 Å². The molecule has 0 fully saturated rings. The lowest BCUT2D eigenvalue weighted by atomic mass is 10.2. The highest BCUT2D eigenvalue weighted by molar-refractivity contribution is 6.11. The van der Waals surface area contributed by atoms with Gasteiger partial charge in [0.1, 0.15) is 17.9 Å². The van der Waals surface area contributed by atoms with Crippen molar-refractivity contribution in [1.82, 2.24) is 9.97 Å². The number of ether oxygens (including phenoxy) is 1. The maximum Gasteiger partial charge on any atom is 0.141 e. The number of carboxylic acids is 2. The van der Waals surface area contributed by atoms with Crippen molar-refractivity contribution in [1.29, 1.82) is 0 Å². The molecule has 2 rings (SSSR count). The van der Waals surface area contributed by atoms with Crippen LogP contribution in [0, 0.1) is 0 Å². The van der Waals surface area contributed by atoms with Gasteiger partial charge in [0.15, 0.2) is 0 Å². The van der Waals surface area contributed by atoms with Crippen LogP contribution in [0.5, 0.6) is 5.75 Å². The molecule has 8 nitrogen and oxygen atoms in total. The number of anilines is 1. The van der Waals surface area contributed by atoms with Crippen molar-refractivity contribution in [2.24, 2.45) is 0 Å². The van der Waals surface area contributed by atoms with E-state index in [0.717, 1.165) is 6.20 Å². The second kappa shape index (κ2) is 5.87. The molecule has 0 aliphatic rings. The van der Waals surface area contributed by atoms with Crippen molar-refractivity contribution in [3.8, 4) is 5.75 Å². The molecule has 1 aromatic carbocycles. The number of carbonyl (C=O) groups excluding carboxylic acids is 2. The molecule has 1 heterocycles. The van der Waals surface area contributed by atoms with Gasteiger partial charge < -0.3 is 29.9 Å². The van der Waals surface area contributed by atoms with Crippen LogP contribution < -0.4 is 20.3 Å². The third kappa shape index (κ3) is 3.06. The second-order valence-electron chi connectivity index (χ2n) is 3.88. The predicted molar refractivity (Wildman–Crippen MR) is 67.8 cm³/mol. The Labute approximate surface area is 118 Å². The summed E-state index contributed by atoms with van der Waals surface area (Å²) in [6.45, 7) is 0. The number of aromatic nitrogens is 2. The minimum atomic E-state index is -1.86. The number of carboxylic acid groups (broad SMARTS) is 2. The molecular weight excluding hydrogens is 278 g/mol. The van der Waals surface area contributed by atoms with Gasteiger partial charge in [-0.05, 0) is 12.1 Å². The number of hydrogen-bond acceptors (Lipinski definition) is 8. The second-order valence-corrected chi connectivity index (χ2v) is 3.88. The van der Waals surface area contributed by atoms with Crippen LogP contribution in [-0.2, 0) is 9.59 Å². The van der Waals surface area contributed by atoms with E-state index in [-0.39, 0.29) is 5.82 Å². The van der Waals surface area contributed by atoms with Crippen LogP contribution in [0.4, 0.5) is 5.82 Å². The number of rotatable bonds is 5. The molecule has 1 N–H and O–H groups in total. The van der Waals surface area contributed by atoms with Crippen LogP contribution in [-0.4, -0.2) is 29.0 Å². The lowest BCUT2D eigenvalue weighted by Crippen LogP contribution is -2.36. The van der Waals surface area contributed by atoms with Crippen molar-refractivity contribution >= 4 is 28.7 Å². The van der Waals surface area contributed by atoms with Gasteiger partial charge in [0.25, 0.3) is 0 Å². The summed E-state index contributed by atoms with van der Waals surface area (Å²) in [4.78, 5) is 29.2. The summed E-state index contributed by atoms with van der Waals surface area (Å²) < 4.78 is 5.06. The first kappa shape index (κ1) is 14.3. The topological polar surface area (TPSA) is 127 Å². The van der Waals surface area contributed by atoms with E-state index in [0.29, 0.717) is 16.7 Å². The molecule has 0 unspecified atom stereocenters. The van der Waals surface area contributed by atoms with E-state index in [1.54, 1.807) is 18.2 Å². The van der Waals surface area contributed by atoms with Crippen LogP contribution in [0.1, 0.15) is 0 Å². The van der Waals surface area contributed by atoms with Crippen molar-refractivity contribution in [2.75, 3.05) is 12.4 Å². The Morgan fingerprint density at radius 2 is 1.95 bits per heavy atom. The molecule has 0 saturated carbocycles. The van der Waals surface area contributed by atoms with Gasteiger partial charge in [-0.15, -0.1) is 0 Å². The number of fused-ring (bicyclic) bond motifs is 1. The van der Waals surface area contributed by atoms with E-state index in [1.165, 1.54) is 13.4 Å². The van der Waals surface area contributed by atoms with Gasteiger partial charge in [0.05, 0.1) is 24.6 Å². The smallest absolute Gasteiger partial charge is 0.141 e. The number of aliphatic carboxylic acids is 2. The van der Waals surface area contributed by atoms with Crippen LogP contribution in [0.25, 0.3) is 10.9 Å². The predicted octanol–water partition coefficient (Wildman–Crippen LogP) is -1.57. The van der Waals surface area contributed by atoms with Crippen molar-refractivity contribution < 1.29 is 24.5 Å². The van der Waals surface area contributed by atoms with Gasteiger partial charge in [-0.3, -0.25) is 0 Å². The van der Waals surface area contributed by atoms with Gasteiger partial charge in [0, 0.05) is 23.2 Å². The molecule has 108 valence electrons. The fourth-order valence-corrected chi connectivity index (χ4v) is 1.62. The average molecular weight is 287 g/mol. The van der Waals surface area contributed by atoms with Crippen LogP contribution in [0.2, 0.25) is 0 Å². The zero-order valence-electron chi connectivity index (χ0n) is 10.8. The molecular formula is C13H9N3O5-2. The summed E-state index contributed by atoms with van der Waals surface area (Å²) >= 11 is 0. The molecule has 0 atom stereocenters. The minimum absolute atomic E-state index is 0.239. The number of nitrogens with zero attached hydrogens (tertiary/aromatic N) is 2. The zero-order chi connectivity index (χ0) is 15.4. The van der Waals surface area contributed by atoms with E-state index in [1.807, 2.05) is 0 Å². The minimum Gasteiger partial charge on any atom is -0.545 e. The lowest BCUT2D eigenvalue weighted by molar-refractivity contribution is -0.312. The molecule has 0 spiro atoms. The first-order valence-corrected chi connectivity index (χ1v) is 5.71. The van der Waals surface area contributed by atoms with E-state index >= 15 is 0 Å². The standard InChI is InChI=1S/C13H11N3O5/c1-21-7-2-3-8-10(4-7)15-6-16-11(8)14-5-9(12(17)18)13(19)20/h2-6H,1H3,(H,17,18)(H,19,20)(H,14,15,16)/p-2. The van der Waals surface area contributed by atoms with E-state index in [2.05, 4.69) is 15.3 Å². The summed E-state index contributed by atoms with van der Waals surface area (Å²) in [5.41, 5.74) is -0.473. The Bertz CT molecular complexity index is 726. The Kier molecular flexibility index (Phi) is 3.98. The van der Waals surface area contributed by atoms with Gasteiger partial charge in [-0.1, -0.05) is 0 Å². The Balaban J connectivity index is 2.41. The maximum atomic E-state index is 10.6. The molecule has 1 aromatic heterocycles. The van der Waals surface area contributed by atoms with E-state index < -0.39 is 17.5 Å². The average Bonchev–Trinajstić information content (AvgIpc) is 2.46. The van der Waals surface area contributed by atoms with E-state index in [4.69, 9.17) is 4.74 Å². The Morgan fingerprint density at radius 3 is 2.57 bits per heavy atom. The fraction of sp³-hybridized carbons (Fsp3) is 0.0769. The molecule has 8 heteroatoms. The molecule has 0 saturated heterocycles. The normalized spacial score (nSPS) is 9.95. The Hall–Kier alpha value is -3.16. The molecule has 0 aliphatic carbocycles. The Morgan fingerprint density at radius 1 is 1.24 bits per heavy atom. The van der Waals surface area contributed by atoms with Gasteiger partial charge in [-0.25, -0.2) is 9.97 Å². The molecule has 0 amide bonds. The van der Waals surface area contributed by atoms with Crippen LogP contribution in [0.15, 0.2) is 36.3 Å². The highest BCUT2D eigenvalue weighted by Crippen LogP contribution is 2.23. The summed E-state index contributed by atoms with van der Waals surface area (Å²) in [5, 5.41) is 24.3. The van der Waals surface area contributed by atoms with Crippen molar-refractivity contribution in [3.05, 3.63) is 36.3 Å². The summed E-state index contributed by atoms with van der Waals surface area (Å²) in [6.07, 6.45) is 1.99. The quantitative estimate of drug-likeness (QED) is 0.397. The van der Waals surface area contributed by atoms with Gasteiger partial charge >= 0.3 is 0 Å². The van der Waals surface area contributed by atoms with Crippen LogP contribution in [0.3, 0.4) is 0 Å².